The van der Waals surface area contributed by atoms with Gasteiger partial charge < -0.3 is 87.4 Å². The van der Waals surface area contributed by atoms with Crippen LogP contribution in [0.2, 0.25) is 30.1 Å². The normalized spacial score (nSPS) is 19.3. The second kappa shape index (κ2) is 31.0. The predicted molar refractivity (Wildman–Crippen MR) is 379 cm³/mol. The minimum Gasteiger partial charge on any atom is -0.508 e. The molecular formula is C70H58Cl6N10O18. The fourth-order valence-electron chi connectivity index (χ4n) is 11.9. The lowest BCUT2D eigenvalue weighted by atomic mass is 9.94. The second-order valence-electron chi connectivity index (χ2n) is 24.1. The Bertz CT molecular complexity index is 4960. The Morgan fingerprint density at radius 1 is 0.663 bits per heavy atom. The number of nitrogens with zero attached hydrogens (tertiary/aromatic N) is 3. The van der Waals surface area contributed by atoms with E-state index in [-0.39, 0.29) is 97.4 Å². The maximum Gasteiger partial charge on any atom is 0.351 e. The number of hydrogen-bond donors (Lipinski definition) is 14. The number of nitrogens with one attached hydrogen (secondary N) is 6. The largest absolute Gasteiger partial charge is 0.508 e. The van der Waals surface area contributed by atoms with Gasteiger partial charge in [-0.1, -0.05) is 112 Å². The zero-order chi connectivity index (χ0) is 74.9. The van der Waals surface area contributed by atoms with Gasteiger partial charge in [0.1, 0.15) is 53.8 Å². The topological polar surface area (TPSA) is 437 Å². The Hall–Kier alpha value is -10.8. The third-order valence-corrected chi connectivity index (χ3v) is 19.1. The number of ketones is 1. The molecule has 0 saturated carbocycles. The zero-order valence-electron chi connectivity index (χ0n) is 53.7. The number of aromatic nitrogens is 3. The number of aliphatic hydroxyl groups excluding tert-OH is 1. The summed E-state index contributed by atoms with van der Waals surface area (Å²) in [6.45, 7) is -0.0202. The Kier molecular flexibility index (Phi) is 22.2. The number of rotatable bonds is 11. The molecule has 28 nitrogen and oxygen atoms in total. The molecule has 34 heteroatoms. The monoisotopic (exact) mass is 1540 g/mol. The molecule has 9 aromatic rings. The van der Waals surface area contributed by atoms with E-state index in [4.69, 9.17) is 89.9 Å². The number of carboxylic acids is 1. The number of Topliss-reactive ketones (excluding diaryl/α,β-unsaturated/α-hetero) is 1. The highest BCUT2D eigenvalue weighted by Crippen LogP contribution is 2.46. The van der Waals surface area contributed by atoms with Gasteiger partial charge in [-0.25, -0.2) is 9.59 Å². The maximum absolute atomic E-state index is 15.8. The third-order valence-electron chi connectivity index (χ3n) is 17.3. The molecule has 4 aliphatic rings. The molecule has 1 fully saturated rings. The van der Waals surface area contributed by atoms with Gasteiger partial charge in [0.15, 0.2) is 34.8 Å². The fourth-order valence-corrected chi connectivity index (χ4v) is 13.4. The zero-order valence-corrected chi connectivity index (χ0v) is 58.2. The summed E-state index contributed by atoms with van der Waals surface area (Å²) >= 11 is 38.1. The summed E-state index contributed by atoms with van der Waals surface area (Å²) in [5, 5.41) is 84.0. The van der Waals surface area contributed by atoms with Crippen molar-refractivity contribution >= 4 is 134 Å². The van der Waals surface area contributed by atoms with Crippen molar-refractivity contribution in [1.29, 1.82) is 0 Å². The van der Waals surface area contributed by atoms with Crippen molar-refractivity contribution in [3.05, 3.63) is 213 Å². The quantitative estimate of drug-likeness (QED) is 0.0425. The first-order valence-corrected chi connectivity index (χ1v) is 33.5. The van der Waals surface area contributed by atoms with Crippen LogP contribution in [-0.4, -0.2) is 134 Å². The van der Waals surface area contributed by atoms with Crippen LogP contribution in [0, 0.1) is 0 Å². The van der Waals surface area contributed by atoms with Crippen LogP contribution in [0.15, 0.2) is 139 Å². The number of nitrogens with two attached hydrogens (primary N) is 1. The van der Waals surface area contributed by atoms with E-state index in [1.807, 2.05) is 0 Å². The van der Waals surface area contributed by atoms with Crippen molar-refractivity contribution in [2.45, 2.75) is 74.3 Å². The number of aliphatic hydroxyl groups is 1. The van der Waals surface area contributed by atoms with Crippen LogP contribution in [-0.2, 0) is 51.1 Å². The van der Waals surface area contributed by atoms with Crippen molar-refractivity contribution in [3.63, 3.8) is 0 Å². The molecule has 15 N–H and O–H groups in total. The average Bonchev–Trinajstić information content (AvgIpc) is 1.43. The average molecular weight is 1540 g/mol. The van der Waals surface area contributed by atoms with Gasteiger partial charge in [0.2, 0.25) is 35.3 Å². The number of aliphatic carboxylic acids is 1. The number of carbonyl (C=O) groups excluding carboxylic acids is 7. The van der Waals surface area contributed by atoms with Crippen LogP contribution in [0.4, 0.5) is 5.82 Å². The van der Waals surface area contributed by atoms with Crippen molar-refractivity contribution < 1.29 is 83.6 Å². The van der Waals surface area contributed by atoms with Gasteiger partial charge in [-0.3, -0.25) is 38.1 Å². The molecule has 0 radical (unpaired) electrons. The molecule has 7 aromatic carbocycles. The lowest BCUT2D eigenvalue weighted by Crippen LogP contribution is -2.54. The highest BCUT2D eigenvalue weighted by molar-refractivity contribution is 6.45. The Balaban J connectivity index is 0.000000638. The number of halogens is 6. The first-order valence-electron chi connectivity index (χ1n) is 31.2. The van der Waals surface area contributed by atoms with Crippen LogP contribution < -0.4 is 42.7 Å². The number of fused-ring (bicyclic) bond motifs is 10. The molecule has 538 valence electrons. The van der Waals surface area contributed by atoms with Crippen LogP contribution >= 0.6 is 69.6 Å². The van der Waals surface area contributed by atoms with Gasteiger partial charge in [0, 0.05) is 54.4 Å². The Morgan fingerprint density at radius 3 is 1.81 bits per heavy atom. The van der Waals surface area contributed by atoms with Gasteiger partial charge in [-0.15, -0.1) is 0 Å². The SMILES string of the molecule is CN1C(=O)C(c2cc(Cl)c(O)c(Cl)c2)NC(=O)C2NC(=O)C(c3cc(Cl)c(O)c(Cl)c3)NC(=O)C(NC(=O)C(=O)c3cc(Cl)c(O)c(Cl)c3)Cc3c[nH]c4c(cccc34)-c3cc2cc(c3O)Oc2ccc(cc2)CC1C(=O)NC(C(=O)O)c1ccc(O)cc1.Nc1ccn([C@H]2CC[C@@H](CO)O2)c(=O)n1. The van der Waals surface area contributed by atoms with E-state index in [1.54, 1.807) is 30.5 Å². The Labute approximate surface area is 617 Å². The third kappa shape index (κ3) is 15.9. The van der Waals surface area contributed by atoms with E-state index < -0.39 is 139 Å². The predicted octanol–water partition coefficient (Wildman–Crippen LogP) is 8.69. The number of benzene rings is 7. The minimum atomic E-state index is -2.08. The number of phenols is 5. The summed E-state index contributed by atoms with van der Waals surface area (Å²) in [5.41, 5.74) is 5.18. The lowest BCUT2D eigenvalue weighted by molar-refractivity contribution is -0.145. The number of ether oxygens (including phenoxy) is 2. The van der Waals surface area contributed by atoms with Crippen molar-refractivity contribution in [1.82, 2.24) is 46.0 Å². The van der Waals surface area contributed by atoms with Crippen LogP contribution in [0.5, 0.6) is 40.2 Å². The molecule has 0 aliphatic carbocycles. The summed E-state index contributed by atoms with van der Waals surface area (Å²) in [6.07, 6.45) is 3.24. The number of amides is 6. The van der Waals surface area contributed by atoms with Gasteiger partial charge in [-0.05, 0) is 125 Å². The standard InChI is InChI=1S/C61H45Cl6N7O15.C9H13N3O3/c1-74-43(56(82)73-48(61(87)88)25-7-9-31(75)10-8-25)13-24-5-11-32(12-6-24)89-44-22-26-14-35(51(44)77)34-4-2-3-33-30(23-68-49(33)34)21-42(69-59(85)50(76)29-19-40(66)54(80)41(67)20-29)55(81)70-46(27-15-36(62)52(78)37(63)16-27)57(83)71-45(26)58(84)72-47(60(74)86)28-17-38(64)53(79)39(65)18-28;10-7-3-4-12(9(14)11-7)8-2-1-6(5-13)15-8/h2-12,14-20,22-23,42-43,45-48,68,75,77-80H,13,21H2,1H3,(H,69,85)(H,70,81)(H,71,83)(H,72,84)(H,73,82)(H,87,88);3-4,6,8,13H,1-2,5H2,(H2,10,11,14)/t;6-,8+/m.0/s1. The fraction of sp³-hybridized carbons (Fsp3) is 0.200. The number of hydrogen-bond acceptors (Lipinski definition) is 19. The van der Waals surface area contributed by atoms with E-state index in [2.05, 4.69) is 36.6 Å². The number of nitrogen functional groups attached to an aromatic ring is 1. The molecule has 8 atom stereocenters. The van der Waals surface area contributed by atoms with Gasteiger partial charge >= 0.3 is 11.7 Å². The number of phenolic OH excluding ortho intramolecular Hbond substituents is 5. The number of aromatic amines is 1. The summed E-state index contributed by atoms with van der Waals surface area (Å²) in [5.74, 6) is -12.6. The number of para-hydroxylation sites is 1. The molecule has 6 heterocycles. The van der Waals surface area contributed by atoms with Crippen molar-refractivity contribution in [3.8, 4) is 51.4 Å². The number of carbonyl (C=O) groups is 8. The van der Waals surface area contributed by atoms with E-state index in [1.165, 1.54) is 78.5 Å². The van der Waals surface area contributed by atoms with E-state index >= 15 is 19.2 Å². The van der Waals surface area contributed by atoms with Crippen LogP contribution in [0.1, 0.15) is 87.0 Å². The molecular weight excluding hydrogens is 1480 g/mol. The first kappa shape index (κ1) is 74.4. The van der Waals surface area contributed by atoms with Gasteiger partial charge in [0.25, 0.3) is 5.91 Å². The number of H-pyrrole nitrogens is 1. The van der Waals surface area contributed by atoms with Gasteiger partial charge in [-0.2, -0.15) is 4.98 Å². The van der Waals surface area contributed by atoms with E-state index in [0.29, 0.717) is 28.5 Å². The molecule has 4 aliphatic heterocycles. The van der Waals surface area contributed by atoms with E-state index in [9.17, 15) is 54.6 Å². The maximum atomic E-state index is 15.8. The first-order chi connectivity index (χ1) is 49.5. The smallest absolute Gasteiger partial charge is 0.351 e. The molecule has 1 saturated heterocycles. The lowest BCUT2D eigenvalue weighted by Gasteiger charge is -2.33. The molecule has 6 unspecified atom stereocenters. The molecule has 9 bridgehead atoms. The number of anilines is 1. The summed E-state index contributed by atoms with van der Waals surface area (Å²) in [6, 6.07) is 14.9. The van der Waals surface area contributed by atoms with Crippen LogP contribution in [0.25, 0.3) is 22.0 Å². The summed E-state index contributed by atoms with van der Waals surface area (Å²) in [4.78, 5) is 136. The highest BCUT2D eigenvalue weighted by atomic mass is 35.5. The van der Waals surface area contributed by atoms with Crippen molar-refractivity contribution in [2.75, 3.05) is 19.4 Å². The number of likely N-dealkylation sites (N-methyl/N-ethyl adjacent to an activating group) is 1. The van der Waals surface area contributed by atoms with Crippen molar-refractivity contribution in [2.24, 2.45) is 0 Å². The molecule has 2 aromatic heterocycles. The molecule has 6 amide bonds. The Morgan fingerprint density at radius 2 is 1.23 bits per heavy atom. The number of aromatic hydroxyl groups is 5. The minimum absolute atomic E-state index is 0.0202. The molecule has 104 heavy (non-hydrogen) atoms. The van der Waals surface area contributed by atoms with Crippen LogP contribution in [0.3, 0.4) is 0 Å². The van der Waals surface area contributed by atoms with Gasteiger partial charge in [0.05, 0.1) is 48.4 Å². The molecule has 0 spiro atoms. The molecule has 13 rings (SSSR count). The highest BCUT2D eigenvalue weighted by Gasteiger charge is 2.41. The summed E-state index contributed by atoms with van der Waals surface area (Å²) in [7, 11) is 1.19. The van der Waals surface area contributed by atoms with E-state index in [0.717, 1.165) is 47.7 Å². The second-order valence-corrected chi connectivity index (χ2v) is 26.5. The number of carboxylic acid groups (broad SMARTS) is 1. The summed E-state index contributed by atoms with van der Waals surface area (Å²) < 4.78 is 13.2.